The number of rotatable bonds is 10. The molecule has 5 rings (SSSR count). The average molecular weight is 624 g/mol. The lowest BCUT2D eigenvalue weighted by Gasteiger charge is -2.32. The van der Waals surface area contributed by atoms with Gasteiger partial charge >= 0.3 is 5.69 Å². The van der Waals surface area contributed by atoms with Gasteiger partial charge in [0, 0.05) is 40.5 Å². The van der Waals surface area contributed by atoms with Crippen LogP contribution in [-0.4, -0.2) is 37.0 Å². The number of hydrogen-bond acceptors (Lipinski definition) is 6. The molecule has 0 amide bonds. The van der Waals surface area contributed by atoms with E-state index in [4.69, 9.17) is 28.5 Å². The van der Waals surface area contributed by atoms with Crippen molar-refractivity contribution in [2.24, 2.45) is 11.5 Å². The highest BCUT2D eigenvalue weighted by atomic mass is 35.5. The van der Waals surface area contributed by atoms with E-state index >= 15 is 4.39 Å². The fourth-order valence-electron chi connectivity index (χ4n) is 5.94. The topological polar surface area (TPSA) is 139 Å². The number of nitrogens with one attached hydrogen (secondary N) is 3. The van der Waals surface area contributed by atoms with E-state index in [0.29, 0.717) is 34.0 Å². The van der Waals surface area contributed by atoms with Crippen molar-refractivity contribution in [2.75, 3.05) is 0 Å². The van der Waals surface area contributed by atoms with Crippen LogP contribution in [0.25, 0.3) is 28.0 Å². The molecule has 1 aliphatic rings. The van der Waals surface area contributed by atoms with Crippen molar-refractivity contribution < 1.29 is 4.39 Å². The summed E-state index contributed by atoms with van der Waals surface area (Å²) in [5.74, 6) is -0.513. The number of benzene rings is 2. The van der Waals surface area contributed by atoms with Crippen LogP contribution in [0, 0.1) is 11.2 Å². The number of nitrogens with two attached hydrogens (primary N) is 2. The monoisotopic (exact) mass is 623 g/mol. The highest BCUT2D eigenvalue weighted by Crippen LogP contribution is 2.32. The summed E-state index contributed by atoms with van der Waals surface area (Å²) in [6.45, 7) is 4.07. The zero-order valence-electron chi connectivity index (χ0n) is 24.5. The molecule has 0 spiro atoms. The van der Waals surface area contributed by atoms with Gasteiger partial charge in [0.25, 0.3) is 0 Å². The second-order valence-corrected chi connectivity index (χ2v) is 13.5. The molecule has 7 N–H and O–H groups in total. The molecule has 1 fully saturated rings. The fourth-order valence-corrected chi connectivity index (χ4v) is 6.94. The molecule has 0 radical (unpaired) electrons. The van der Waals surface area contributed by atoms with E-state index in [2.05, 4.69) is 34.3 Å². The van der Waals surface area contributed by atoms with Crippen LogP contribution < -0.4 is 22.5 Å². The lowest BCUT2D eigenvalue weighted by Crippen LogP contribution is -2.38. The van der Waals surface area contributed by atoms with Crippen molar-refractivity contribution in [3.8, 4) is 16.9 Å². The Bertz CT molecular complexity index is 1650. The number of halogens is 2. The van der Waals surface area contributed by atoms with Gasteiger partial charge in [-0.3, -0.25) is 9.98 Å². The van der Waals surface area contributed by atoms with Gasteiger partial charge in [-0.2, -0.15) is 4.98 Å². The largest absolute Gasteiger partial charge is 0.379 e. The number of piperidine rings is 1. The van der Waals surface area contributed by atoms with Crippen molar-refractivity contribution in [3.63, 3.8) is 0 Å². The van der Waals surface area contributed by atoms with Crippen molar-refractivity contribution in [3.05, 3.63) is 81.1 Å². The van der Waals surface area contributed by atoms with Crippen molar-refractivity contribution in [1.82, 2.24) is 19.9 Å². The van der Waals surface area contributed by atoms with Crippen molar-refractivity contribution >= 4 is 39.6 Å². The Morgan fingerprint density at radius 2 is 2.00 bits per heavy atom. The molecule has 2 aromatic carbocycles. The summed E-state index contributed by atoms with van der Waals surface area (Å²) < 4.78 is 16.6. The van der Waals surface area contributed by atoms with Crippen LogP contribution >= 0.6 is 23.4 Å². The quantitative estimate of drug-likeness (QED) is 0.102. The summed E-state index contributed by atoms with van der Waals surface area (Å²) in [4.78, 5) is 20.4. The Labute approximate surface area is 260 Å². The molecule has 1 unspecified atom stereocenters. The third-order valence-electron chi connectivity index (χ3n) is 8.01. The highest BCUT2D eigenvalue weighted by molar-refractivity contribution is 8.14. The van der Waals surface area contributed by atoms with Crippen molar-refractivity contribution in [2.45, 2.75) is 82.2 Å². The summed E-state index contributed by atoms with van der Waals surface area (Å²) in [5.41, 5.74) is 15.1. The van der Waals surface area contributed by atoms with Crippen LogP contribution in [0.15, 0.2) is 53.5 Å². The first-order valence-electron chi connectivity index (χ1n) is 14.8. The first-order chi connectivity index (χ1) is 20.6. The van der Waals surface area contributed by atoms with E-state index in [1.54, 1.807) is 24.4 Å². The van der Waals surface area contributed by atoms with Gasteiger partial charge in [0.05, 0.1) is 16.4 Å². The Morgan fingerprint density at radius 3 is 2.72 bits per heavy atom. The molecule has 11 heteroatoms. The average Bonchev–Trinajstić information content (AvgIpc) is 3.36. The molecule has 0 bridgehead atoms. The van der Waals surface area contributed by atoms with E-state index in [9.17, 15) is 4.79 Å². The second kappa shape index (κ2) is 13.6. The number of H-pyrrole nitrogens is 1. The Balaban J connectivity index is 1.35. The van der Waals surface area contributed by atoms with Gasteiger partial charge in [0.1, 0.15) is 5.65 Å². The maximum Gasteiger partial charge on any atom is 0.354 e. The standard InChI is InChI=1S/C32H39ClFN7OS/c1-18(35)5-3-6-20-14-25(29(34)26(33)15-20)28-16-22-17-41(32(42)40-30(22)39-28)24-11-9-21(10-12-24)27-8-4-7-23(38-27)13-19(2)43-31(36)37/h9-12,14-19,23,27,38H,3-8,13,35H2,1-2H3,(H3,36,37)(H,39,40,42)/t18-,19?,23-,27-/m0/s1. The highest BCUT2D eigenvalue weighted by Gasteiger charge is 2.24. The number of amidine groups is 1. The van der Waals surface area contributed by atoms with Crippen LogP contribution in [0.2, 0.25) is 5.02 Å². The van der Waals surface area contributed by atoms with Crippen LogP contribution in [0.4, 0.5) is 4.39 Å². The minimum Gasteiger partial charge on any atom is -0.379 e. The van der Waals surface area contributed by atoms with E-state index in [1.807, 2.05) is 19.1 Å². The molecule has 4 aromatic rings. The second-order valence-electron chi connectivity index (χ2n) is 11.7. The molecule has 2 aromatic heterocycles. The van der Waals surface area contributed by atoms with E-state index in [0.717, 1.165) is 50.5 Å². The van der Waals surface area contributed by atoms with Gasteiger partial charge < -0.3 is 21.8 Å². The molecule has 8 nitrogen and oxygen atoms in total. The van der Waals surface area contributed by atoms with Crippen LogP contribution in [0.1, 0.15) is 69.5 Å². The maximum atomic E-state index is 15.1. The number of thioether (sulfide) groups is 1. The smallest absolute Gasteiger partial charge is 0.354 e. The zero-order chi connectivity index (χ0) is 30.7. The number of aromatic nitrogens is 3. The summed E-state index contributed by atoms with van der Waals surface area (Å²) in [5, 5.41) is 12.5. The minimum absolute atomic E-state index is 0.0582. The molecule has 1 aliphatic heterocycles. The predicted octanol–water partition coefficient (Wildman–Crippen LogP) is 6.43. The molecule has 3 heterocycles. The Kier molecular flexibility index (Phi) is 9.91. The molecule has 43 heavy (non-hydrogen) atoms. The molecule has 228 valence electrons. The Hall–Kier alpha value is -3.18. The van der Waals surface area contributed by atoms with E-state index in [-0.39, 0.29) is 27.5 Å². The fraction of sp³-hybridized carbons (Fsp3) is 0.406. The SMILES string of the molecule is CC(C[C@@H]1CCC[C@@H](c2ccc(-n3cc4cc(-c5cc(CCC[C@H](C)N)cc(Cl)c5F)[nH]c4nc3=O)cc2)N1)SC(=N)N. The lowest BCUT2D eigenvalue weighted by molar-refractivity contribution is 0.312. The first-order valence-corrected chi connectivity index (χ1v) is 16.1. The minimum atomic E-state index is -0.513. The van der Waals surface area contributed by atoms with Gasteiger partial charge in [-0.1, -0.05) is 48.8 Å². The lowest BCUT2D eigenvalue weighted by atomic mass is 9.91. The summed E-state index contributed by atoms with van der Waals surface area (Å²) in [7, 11) is 0. The van der Waals surface area contributed by atoms with Crippen LogP contribution in [0.5, 0.6) is 0 Å². The van der Waals surface area contributed by atoms with Gasteiger partial charge in [0.2, 0.25) is 0 Å². The molecular weight excluding hydrogens is 585 g/mol. The normalized spacial score (nSPS) is 18.5. The number of nitrogens with zero attached hydrogens (tertiary/aromatic N) is 2. The van der Waals surface area contributed by atoms with E-state index in [1.165, 1.54) is 21.9 Å². The van der Waals surface area contributed by atoms with Crippen LogP contribution in [-0.2, 0) is 6.42 Å². The van der Waals surface area contributed by atoms with Crippen LogP contribution in [0.3, 0.4) is 0 Å². The molecular formula is C32H39ClFN7OS. The first kappa shape index (κ1) is 31.3. The number of hydrogen-bond donors (Lipinski definition) is 5. The molecule has 0 aliphatic carbocycles. The van der Waals surface area contributed by atoms with Gasteiger partial charge in [-0.05, 0) is 86.9 Å². The zero-order valence-corrected chi connectivity index (χ0v) is 26.1. The van der Waals surface area contributed by atoms with Crippen molar-refractivity contribution in [1.29, 1.82) is 5.41 Å². The third kappa shape index (κ3) is 7.67. The number of aromatic amines is 1. The molecule has 1 saturated heterocycles. The van der Waals surface area contributed by atoms with Gasteiger partial charge in [-0.25, -0.2) is 9.18 Å². The summed E-state index contributed by atoms with van der Waals surface area (Å²) >= 11 is 7.66. The number of fused-ring (bicyclic) bond motifs is 1. The van der Waals surface area contributed by atoms with Gasteiger partial charge in [0.15, 0.2) is 11.0 Å². The summed E-state index contributed by atoms with van der Waals surface area (Å²) in [6, 6.07) is 13.9. The van der Waals surface area contributed by atoms with Gasteiger partial charge in [-0.15, -0.1) is 0 Å². The number of aryl methyl sites for hydroxylation is 1. The summed E-state index contributed by atoms with van der Waals surface area (Å²) in [6.07, 6.45) is 8.43. The Morgan fingerprint density at radius 1 is 1.23 bits per heavy atom. The predicted molar refractivity (Wildman–Crippen MR) is 176 cm³/mol. The molecule has 4 atom stereocenters. The third-order valence-corrected chi connectivity index (χ3v) is 9.14. The maximum absolute atomic E-state index is 15.1. The molecule has 0 saturated carbocycles. The van der Waals surface area contributed by atoms with E-state index < -0.39 is 11.5 Å².